The molecule has 0 saturated heterocycles. The molecular weight excluding hydrogens is 344 g/mol. The Balaban J connectivity index is 1.86. The predicted molar refractivity (Wildman–Crippen MR) is 104 cm³/mol. The Morgan fingerprint density at radius 2 is 1.89 bits per heavy atom. The fourth-order valence-corrected chi connectivity index (χ4v) is 3.63. The summed E-state index contributed by atoms with van der Waals surface area (Å²) in [6, 6.07) is 9.72. The molecule has 5 nitrogen and oxygen atoms in total. The van der Waals surface area contributed by atoms with E-state index in [-0.39, 0.29) is 18.3 Å². The molecule has 148 valence electrons. The topological polar surface area (TPSA) is 98.0 Å². The van der Waals surface area contributed by atoms with E-state index in [1.165, 1.54) is 0 Å². The number of unbranched alkanes of at least 4 members (excludes halogenated alkanes) is 1. The minimum atomic E-state index is -0.794. The maximum Gasteiger partial charge on any atom is 0.303 e. The number of allylic oxidation sites excluding steroid dienone is 2. The van der Waals surface area contributed by atoms with E-state index < -0.39 is 24.3 Å². The monoisotopic (exact) mass is 374 g/mol. The quantitative estimate of drug-likeness (QED) is 0.373. The van der Waals surface area contributed by atoms with Gasteiger partial charge in [0, 0.05) is 25.2 Å². The molecule has 0 amide bonds. The molecule has 0 bridgehead atoms. The van der Waals surface area contributed by atoms with Crippen LogP contribution in [0.5, 0.6) is 0 Å². The molecule has 1 fully saturated rings. The molecule has 0 unspecified atom stereocenters. The van der Waals surface area contributed by atoms with Crippen molar-refractivity contribution >= 4 is 5.97 Å². The van der Waals surface area contributed by atoms with Crippen LogP contribution < -0.4 is 0 Å². The number of aliphatic hydroxyl groups excluding tert-OH is 3. The van der Waals surface area contributed by atoms with E-state index in [4.69, 9.17) is 5.11 Å². The minimum absolute atomic E-state index is 0.101. The molecule has 0 aliphatic heterocycles. The number of aliphatic hydroxyl groups is 3. The van der Waals surface area contributed by atoms with Gasteiger partial charge in [-0.1, -0.05) is 54.6 Å². The van der Waals surface area contributed by atoms with Crippen molar-refractivity contribution in [1.82, 2.24) is 0 Å². The number of carboxylic acid groups (broad SMARTS) is 1. The summed E-state index contributed by atoms with van der Waals surface area (Å²) in [5, 5.41) is 39.3. The van der Waals surface area contributed by atoms with Crippen LogP contribution in [0.4, 0.5) is 0 Å². The lowest BCUT2D eigenvalue weighted by Gasteiger charge is -2.19. The van der Waals surface area contributed by atoms with Gasteiger partial charge in [-0.25, -0.2) is 0 Å². The Hall–Kier alpha value is -1.95. The zero-order chi connectivity index (χ0) is 19.6. The normalized spacial score (nSPS) is 26.8. The molecule has 2 rings (SSSR count). The van der Waals surface area contributed by atoms with Gasteiger partial charge >= 0.3 is 5.97 Å². The van der Waals surface area contributed by atoms with Gasteiger partial charge in [0.15, 0.2) is 0 Å². The second-order valence-electron chi connectivity index (χ2n) is 7.25. The van der Waals surface area contributed by atoms with Crippen molar-refractivity contribution in [2.45, 2.75) is 56.8 Å². The van der Waals surface area contributed by atoms with Crippen LogP contribution in [0.3, 0.4) is 0 Å². The maximum atomic E-state index is 10.5. The molecule has 5 heteroatoms. The fraction of sp³-hybridized carbons (Fsp3) is 0.500. The maximum absolute atomic E-state index is 10.5. The molecule has 5 atom stereocenters. The van der Waals surface area contributed by atoms with Crippen LogP contribution in [0.25, 0.3) is 0 Å². The standard InChI is InChI=1S/C22H30O5/c23-17(14-16-8-4-3-5-9-16)12-13-19-18(20(24)15-21(19)25)10-6-1-2-7-11-22(26)27/h1,3-6,8-9,12-13,17-21,23-25H,2,7,10-11,14-15H2,(H,26,27)/b6-1-,13-12-/t17-,18-,19-,20+,21-/m1/s1. The number of aliphatic carboxylic acids is 1. The Labute approximate surface area is 160 Å². The van der Waals surface area contributed by atoms with Crippen molar-refractivity contribution in [3.8, 4) is 0 Å². The van der Waals surface area contributed by atoms with Crippen LogP contribution in [0.1, 0.15) is 37.7 Å². The van der Waals surface area contributed by atoms with Gasteiger partial charge in [0.1, 0.15) is 0 Å². The Bertz CT molecular complexity index is 625. The van der Waals surface area contributed by atoms with Crippen molar-refractivity contribution in [1.29, 1.82) is 0 Å². The van der Waals surface area contributed by atoms with Crippen LogP contribution in [-0.4, -0.2) is 44.7 Å². The SMILES string of the molecule is O=C(O)CCC/C=C\C[C@@H]1[C@@H](/C=C\[C@@H](O)Cc2ccccc2)[C@H](O)C[C@@H]1O. The van der Waals surface area contributed by atoms with E-state index >= 15 is 0 Å². The van der Waals surface area contributed by atoms with Crippen LogP contribution in [0.2, 0.25) is 0 Å². The summed E-state index contributed by atoms with van der Waals surface area (Å²) < 4.78 is 0. The fourth-order valence-electron chi connectivity index (χ4n) is 3.63. The predicted octanol–water partition coefficient (Wildman–Crippen LogP) is 2.71. The largest absolute Gasteiger partial charge is 0.481 e. The van der Waals surface area contributed by atoms with Crippen LogP contribution in [-0.2, 0) is 11.2 Å². The number of carbonyl (C=O) groups is 1. The summed E-state index contributed by atoms with van der Waals surface area (Å²) in [5.74, 6) is -1.10. The minimum Gasteiger partial charge on any atom is -0.481 e. The Morgan fingerprint density at radius 3 is 2.59 bits per heavy atom. The van der Waals surface area contributed by atoms with Gasteiger partial charge in [-0.05, 0) is 30.7 Å². The van der Waals surface area contributed by atoms with Crippen molar-refractivity contribution in [2.75, 3.05) is 0 Å². The average Bonchev–Trinajstić information content (AvgIpc) is 2.89. The summed E-state index contributed by atoms with van der Waals surface area (Å²) >= 11 is 0. The summed E-state index contributed by atoms with van der Waals surface area (Å²) in [6.07, 6.45) is 8.50. The molecule has 1 saturated carbocycles. The molecule has 0 spiro atoms. The second kappa shape index (κ2) is 11.0. The molecule has 4 N–H and O–H groups in total. The van der Waals surface area contributed by atoms with Gasteiger partial charge in [-0.2, -0.15) is 0 Å². The molecule has 0 aromatic heterocycles. The number of rotatable bonds is 10. The van der Waals surface area contributed by atoms with Crippen LogP contribution in [0.15, 0.2) is 54.6 Å². The van der Waals surface area contributed by atoms with E-state index in [1.54, 1.807) is 6.08 Å². The van der Waals surface area contributed by atoms with Crippen molar-refractivity contribution < 1.29 is 25.2 Å². The molecule has 1 aliphatic rings. The van der Waals surface area contributed by atoms with E-state index in [9.17, 15) is 20.1 Å². The molecule has 0 heterocycles. The third-order valence-corrected chi connectivity index (χ3v) is 5.10. The molecule has 27 heavy (non-hydrogen) atoms. The van der Waals surface area contributed by atoms with Gasteiger partial charge in [-0.15, -0.1) is 0 Å². The number of hydrogen-bond donors (Lipinski definition) is 4. The highest BCUT2D eigenvalue weighted by atomic mass is 16.4. The van der Waals surface area contributed by atoms with Crippen molar-refractivity contribution in [2.24, 2.45) is 11.8 Å². The molecule has 0 radical (unpaired) electrons. The first kappa shape index (κ1) is 21.4. The zero-order valence-corrected chi connectivity index (χ0v) is 15.5. The highest BCUT2D eigenvalue weighted by molar-refractivity contribution is 5.66. The van der Waals surface area contributed by atoms with E-state index in [2.05, 4.69) is 0 Å². The number of carboxylic acids is 1. The summed E-state index contributed by atoms with van der Waals surface area (Å²) in [4.78, 5) is 10.5. The third kappa shape index (κ3) is 7.29. The lowest BCUT2D eigenvalue weighted by atomic mass is 9.89. The van der Waals surface area contributed by atoms with Crippen LogP contribution >= 0.6 is 0 Å². The number of benzene rings is 1. The first-order chi connectivity index (χ1) is 13.0. The smallest absolute Gasteiger partial charge is 0.303 e. The lowest BCUT2D eigenvalue weighted by molar-refractivity contribution is -0.137. The molecule has 1 aliphatic carbocycles. The second-order valence-corrected chi connectivity index (χ2v) is 7.25. The Morgan fingerprint density at radius 1 is 1.15 bits per heavy atom. The number of hydrogen-bond acceptors (Lipinski definition) is 4. The molecule has 1 aromatic rings. The average molecular weight is 374 g/mol. The highest BCUT2D eigenvalue weighted by Gasteiger charge is 2.39. The van der Waals surface area contributed by atoms with Crippen LogP contribution in [0, 0.1) is 11.8 Å². The summed E-state index contributed by atoms with van der Waals surface area (Å²) in [6.45, 7) is 0. The van der Waals surface area contributed by atoms with E-state index in [0.717, 1.165) is 5.56 Å². The highest BCUT2D eigenvalue weighted by Crippen LogP contribution is 2.36. The molecule has 1 aromatic carbocycles. The zero-order valence-electron chi connectivity index (χ0n) is 15.5. The van der Waals surface area contributed by atoms with E-state index in [0.29, 0.717) is 32.1 Å². The van der Waals surface area contributed by atoms with Gasteiger partial charge in [0.05, 0.1) is 18.3 Å². The van der Waals surface area contributed by atoms with Gasteiger partial charge < -0.3 is 20.4 Å². The van der Waals surface area contributed by atoms with Crippen molar-refractivity contribution in [3.63, 3.8) is 0 Å². The first-order valence-electron chi connectivity index (χ1n) is 9.60. The summed E-state index contributed by atoms with van der Waals surface area (Å²) in [5.41, 5.74) is 1.04. The lowest BCUT2D eigenvalue weighted by Crippen LogP contribution is -2.20. The summed E-state index contributed by atoms with van der Waals surface area (Å²) in [7, 11) is 0. The Kier molecular flexibility index (Phi) is 8.72. The van der Waals surface area contributed by atoms with Gasteiger partial charge in [-0.3, -0.25) is 4.79 Å². The van der Waals surface area contributed by atoms with Crippen molar-refractivity contribution in [3.05, 3.63) is 60.2 Å². The third-order valence-electron chi connectivity index (χ3n) is 5.10. The first-order valence-corrected chi connectivity index (χ1v) is 9.60. The van der Waals surface area contributed by atoms with Gasteiger partial charge in [0.25, 0.3) is 0 Å². The van der Waals surface area contributed by atoms with E-state index in [1.807, 2.05) is 48.6 Å². The van der Waals surface area contributed by atoms with Gasteiger partial charge in [0.2, 0.25) is 0 Å². The molecular formula is C22H30O5.